The molecule has 0 aromatic heterocycles. The molecule has 0 aromatic carbocycles. The van der Waals surface area contributed by atoms with Gasteiger partial charge >= 0.3 is 5.97 Å². The molecule has 0 aliphatic heterocycles. The molecule has 1 N–H and O–H groups in total. The van der Waals surface area contributed by atoms with Crippen LogP contribution in [0, 0.1) is 5.92 Å². The van der Waals surface area contributed by atoms with E-state index in [0.29, 0.717) is 17.9 Å². The average molecular weight is 182 g/mol. The van der Waals surface area contributed by atoms with E-state index < -0.39 is 5.97 Å². The van der Waals surface area contributed by atoms with Crippen LogP contribution in [-0.2, 0) is 4.79 Å². The molecule has 0 bridgehead atoms. The number of carboxylic acid groups (broad SMARTS) is 1. The van der Waals surface area contributed by atoms with Crippen LogP contribution in [0.2, 0.25) is 0 Å². The molecule has 2 nitrogen and oxygen atoms in total. The summed E-state index contributed by atoms with van der Waals surface area (Å²) in [4.78, 5) is 10.7. The monoisotopic (exact) mass is 182 g/mol. The van der Waals surface area contributed by atoms with E-state index in [1.165, 1.54) is 32.1 Å². The van der Waals surface area contributed by atoms with Crippen LogP contribution >= 0.6 is 0 Å². The normalized spacial score (nSPS) is 20.2. The first-order chi connectivity index (χ1) is 6.24. The van der Waals surface area contributed by atoms with Crippen molar-refractivity contribution in [2.45, 2.75) is 45.4 Å². The van der Waals surface area contributed by atoms with Crippen molar-refractivity contribution in [2.75, 3.05) is 0 Å². The van der Waals surface area contributed by atoms with Gasteiger partial charge < -0.3 is 5.11 Å². The Bertz CT molecular complexity index is 200. The zero-order valence-corrected chi connectivity index (χ0v) is 8.25. The molecule has 1 saturated carbocycles. The molecule has 0 atom stereocenters. The van der Waals surface area contributed by atoms with Gasteiger partial charge in [0.05, 0.1) is 0 Å². The maximum absolute atomic E-state index is 10.7. The molecular formula is C11H18O2. The van der Waals surface area contributed by atoms with E-state index in [2.05, 4.69) is 0 Å². The molecule has 0 amide bonds. The quantitative estimate of drug-likeness (QED) is 0.681. The fraction of sp³-hybridized carbons (Fsp3) is 0.727. The number of allylic oxidation sites excluding steroid dienone is 1. The summed E-state index contributed by atoms with van der Waals surface area (Å²) in [6.07, 6.45) is 8.81. The Hall–Kier alpha value is -0.790. The number of hydrogen-bond acceptors (Lipinski definition) is 1. The maximum Gasteiger partial charge on any atom is 0.331 e. The highest BCUT2D eigenvalue weighted by atomic mass is 16.4. The topological polar surface area (TPSA) is 37.3 Å². The van der Waals surface area contributed by atoms with Gasteiger partial charge in [0.1, 0.15) is 0 Å². The molecule has 1 rings (SSSR count). The number of aliphatic carboxylic acids is 1. The molecule has 0 spiro atoms. The van der Waals surface area contributed by atoms with Crippen LogP contribution in [0.5, 0.6) is 0 Å². The van der Waals surface area contributed by atoms with Crippen molar-refractivity contribution in [1.82, 2.24) is 0 Å². The first-order valence-corrected chi connectivity index (χ1v) is 5.18. The Morgan fingerprint density at radius 3 is 2.46 bits per heavy atom. The molecule has 74 valence electrons. The largest absolute Gasteiger partial charge is 0.478 e. The van der Waals surface area contributed by atoms with Crippen LogP contribution in [0.15, 0.2) is 11.6 Å². The van der Waals surface area contributed by atoms with Crippen LogP contribution in [0.3, 0.4) is 0 Å². The number of carbonyl (C=O) groups is 1. The van der Waals surface area contributed by atoms with Crippen molar-refractivity contribution >= 4 is 5.97 Å². The van der Waals surface area contributed by atoms with Crippen LogP contribution in [-0.4, -0.2) is 11.1 Å². The summed E-state index contributed by atoms with van der Waals surface area (Å²) in [5.41, 5.74) is 0.590. The molecule has 1 fully saturated rings. The molecule has 1 aliphatic rings. The second kappa shape index (κ2) is 5.05. The molecule has 0 unspecified atom stereocenters. The van der Waals surface area contributed by atoms with Crippen LogP contribution in [0.25, 0.3) is 0 Å². The van der Waals surface area contributed by atoms with Gasteiger partial charge in [-0.1, -0.05) is 32.3 Å². The summed E-state index contributed by atoms with van der Waals surface area (Å²) in [6, 6.07) is 0. The van der Waals surface area contributed by atoms with Crippen LogP contribution in [0.4, 0.5) is 0 Å². The summed E-state index contributed by atoms with van der Waals surface area (Å²) in [5.74, 6) is -0.215. The van der Waals surface area contributed by atoms with E-state index in [-0.39, 0.29) is 0 Å². The Kier molecular flexibility index (Phi) is 4.00. The van der Waals surface area contributed by atoms with Gasteiger partial charge in [0, 0.05) is 5.57 Å². The van der Waals surface area contributed by atoms with E-state index in [4.69, 9.17) is 5.11 Å². The van der Waals surface area contributed by atoms with Gasteiger partial charge in [-0.2, -0.15) is 0 Å². The van der Waals surface area contributed by atoms with Gasteiger partial charge in [0.2, 0.25) is 0 Å². The fourth-order valence-corrected chi connectivity index (χ4v) is 1.93. The minimum absolute atomic E-state index is 0.528. The summed E-state index contributed by atoms with van der Waals surface area (Å²) >= 11 is 0. The molecule has 1 aliphatic carbocycles. The van der Waals surface area contributed by atoms with Crippen LogP contribution < -0.4 is 0 Å². The van der Waals surface area contributed by atoms with Crippen molar-refractivity contribution in [1.29, 1.82) is 0 Å². The van der Waals surface area contributed by atoms with Crippen molar-refractivity contribution < 1.29 is 9.90 Å². The van der Waals surface area contributed by atoms with Gasteiger partial charge in [-0.05, 0) is 25.2 Å². The highest BCUT2D eigenvalue weighted by molar-refractivity contribution is 5.86. The van der Waals surface area contributed by atoms with Crippen molar-refractivity contribution in [2.24, 2.45) is 5.92 Å². The zero-order valence-electron chi connectivity index (χ0n) is 8.25. The molecule has 13 heavy (non-hydrogen) atoms. The van der Waals surface area contributed by atoms with E-state index in [1.54, 1.807) is 0 Å². The Balaban J connectivity index is 2.54. The molecule has 0 radical (unpaired) electrons. The SMILES string of the molecule is CC/C(=C/C1CCCCC1)C(=O)O. The maximum atomic E-state index is 10.7. The molecular weight excluding hydrogens is 164 g/mol. The van der Waals surface area contributed by atoms with Crippen molar-refractivity contribution in [3.63, 3.8) is 0 Å². The first-order valence-electron chi connectivity index (χ1n) is 5.18. The predicted octanol–water partition coefficient (Wildman–Crippen LogP) is 2.99. The molecule has 2 heteroatoms. The van der Waals surface area contributed by atoms with Crippen molar-refractivity contribution in [3.05, 3.63) is 11.6 Å². The Morgan fingerprint density at radius 1 is 1.38 bits per heavy atom. The van der Waals surface area contributed by atoms with E-state index in [0.717, 1.165) is 0 Å². The number of rotatable bonds is 3. The van der Waals surface area contributed by atoms with Crippen LogP contribution in [0.1, 0.15) is 45.4 Å². The third kappa shape index (κ3) is 3.21. The zero-order chi connectivity index (χ0) is 9.68. The predicted molar refractivity (Wildman–Crippen MR) is 52.6 cm³/mol. The summed E-state index contributed by atoms with van der Waals surface area (Å²) in [7, 11) is 0. The minimum Gasteiger partial charge on any atom is -0.478 e. The summed E-state index contributed by atoms with van der Waals surface area (Å²) in [6.45, 7) is 1.91. The summed E-state index contributed by atoms with van der Waals surface area (Å²) in [5, 5.41) is 8.84. The molecule has 0 aromatic rings. The van der Waals surface area contributed by atoms with Gasteiger partial charge in [0.15, 0.2) is 0 Å². The van der Waals surface area contributed by atoms with Gasteiger partial charge in [-0.15, -0.1) is 0 Å². The average Bonchev–Trinajstić information content (AvgIpc) is 2.15. The second-order valence-electron chi connectivity index (χ2n) is 3.75. The highest BCUT2D eigenvalue weighted by Crippen LogP contribution is 2.26. The third-order valence-corrected chi connectivity index (χ3v) is 2.74. The highest BCUT2D eigenvalue weighted by Gasteiger charge is 2.13. The van der Waals surface area contributed by atoms with E-state index >= 15 is 0 Å². The van der Waals surface area contributed by atoms with Gasteiger partial charge in [-0.25, -0.2) is 4.79 Å². The van der Waals surface area contributed by atoms with E-state index in [1.807, 2.05) is 13.0 Å². The lowest BCUT2D eigenvalue weighted by molar-refractivity contribution is -0.132. The second-order valence-corrected chi connectivity index (χ2v) is 3.75. The first kappa shape index (κ1) is 10.3. The lowest BCUT2D eigenvalue weighted by Crippen LogP contribution is -2.07. The van der Waals surface area contributed by atoms with Gasteiger partial charge in [0.25, 0.3) is 0 Å². The fourth-order valence-electron chi connectivity index (χ4n) is 1.93. The number of carboxylic acids is 1. The summed E-state index contributed by atoms with van der Waals surface area (Å²) < 4.78 is 0. The van der Waals surface area contributed by atoms with E-state index in [9.17, 15) is 4.79 Å². The number of hydrogen-bond donors (Lipinski definition) is 1. The Labute approximate surface area is 79.6 Å². The molecule has 0 heterocycles. The third-order valence-electron chi connectivity index (χ3n) is 2.74. The lowest BCUT2D eigenvalue weighted by Gasteiger charge is -2.18. The van der Waals surface area contributed by atoms with Crippen molar-refractivity contribution in [3.8, 4) is 0 Å². The molecule has 0 saturated heterocycles. The smallest absolute Gasteiger partial charge is 0.331 e. The minimum atomic E-state index is -0.743. The Morgan fingerprint density at radius 2 is 2.00 bits per heavy atom. The standard InChI is InChI=1S/C11H18O2/c1-2-10(11(12)13)8-9-6-4-3-5-7-9/h8-9H,2-7H2,1H3,(H,12,13)/b10-8-. The lowest BCUT2D eigenvalue weighted by atomic mass is 9.87. The van der Waals surface area contributed by atoms with Gasteiger partial charge in [-0.3, -0.25) is 0 Å².